The fourth-order valence-electron chi connectivity index (χ4n) is 3.81. The van der Waals surface area contributed by atoms with Crippen molar-refractivity contribution in [2.75, 3.05) is 0 Å². The van der Waals surface area contributed by atoms with E-state index < -0.39 is 29.8 Å². The van der Waals surface area contributed by atoms with Gasteiger partial charge in [-0.2, -0.15) is 13.2 Å². The molecule has 1 saturated heterocycles. The molecule has 1 N–H and O–H groups in total. The van der Waals surface area contributed by atoms with Gasteiger partial charge in [0.15, 0.2) is 0 Å². The van der Waals surface area contributed by atoms with Crippen LogP contribution in [0.4, 0.5) is 13.2 Å². The number of carboxylic acids is 1. The molecule has 3 rings (SSSR count). The Morgan fingerprint density at radius 1 is 1.21 bits per heavy atom. The molecule has 0 aromatic carbocycles. The molecule has 0 radical (unpaired) electrons. The van der Waals surface area contributed by atoms with Crippen LogP contribution in [0, 0.1) is 5.92 Å². The van der Waals surface area contributed by atoms with Crippen LogP contribution >= 0.6 is 0 Å². The molecule has 130 valence electrons. The van der Waals surface area contributed by atoms with E-state index in [0.717, 1.165) is 44.0 Å². The smallest absolute Gasteiger partial charge is 0.433 e. The molecule has 0 bridgehead atoms. The molecule has 8 heteroatoms. The summed E-state index contributed by atoms with van der Waals surface area (Å²) in [5, 5.41) is 9.42. The first-order valence-corrected chi connectivity index (χ1v) is 7.87. The highest BCUT2D eigenvalue weighted by Crippen LogP contribution is 2.40. The Bertz CT molecular complexity index is 645. The molecular formula is C16H17F3N2O3. The number of hydrogen-bond acceptors (Lipinski definition) is 3. The van der Waals surface area contributed by atoms with Crippen LogP contribution in [0.15, 0.2) is 18.3 Å². The molecule has 1 aliphatic heterocycles. The Hall–Kier alpha value is -2.12. The monoisotopic (exact) mass is 342 g/mol. The normalized spacial score (nSPS) is 27.0. The highest BCUT2D eigenvalue weighted by molar-refractivity contribution is 5.97. The van der Waals surface area contributed by atoms with Gasteiger partial charge in [0.05, 0.1) is 5.56 Å². The topological polar surface area (TPSA) is 70.5 Å². The van der Waals surface area contributed by atoms with Crippen LogP contribution in [0.2, 0.25) is 0 Å². The lowest BCUT2D eigenvalue weighted by atomic mass is 9.84. The summed E-state index contributed by atoms with van der Waals surface area (Å²) >= 11 is 0. The number of amides is 1. The summed E-state index contributed by atoms with van der Waals surface area (Å²) in [6.45, 7) is 0. The third-order valence-corrected chi connectivity index (χ3v) is 4.91. The second kappa shape index (κ2) is 6.07. The fourth-order valence-corrected chi connectivity index (χ4v) is 3.81. The Labute approximate surface area is 136 Å². The Morgan fingerprint density at radius 3 is 2.50 bits per heavy atom. The molecule has 5 nitrogen and oxygen atoms in total. The second-order valence-corrected chi connectivity index (χ2v) is 6.34. The third-order valence-electron chi connectivity index (χ3n) is 4.91. The van der Waals surface area contributed by atoms with Crippen molar-refractivity contribution < 1.29 is 27.9 Å². The van der Waals surface area contributed by atoms with Crippen LogP contribution in [0.5, 0.6) is 0 Å². The van der Waals surface area contributed by atoms with Gasteiger partial charge in [-0.25, -0.2) is 4.79 Å². The quantitative estimate of drug-likeness (QED) is 0.897. The van der Waals surface area contributed by atoms with Gasteiger partial charge in [0.1, 0.15) is 11.7 Å². The number of carbonyl (C=O) groups is 2. The van der Waals surface area contributed by atoms with E-state index in [-0.39, 0.29) is 17.5 Å². The summed E-state index contributed by atoms with van der Waals surface area (Å²) < 4.78 is 37.7. The first kappa shape index (κ1) is 16.7. The summed E-state index contributed by atoms with van der Waals surface area (Å²) in [7, 11) is 0. The molecule has 1 aromatic heterocycles. The Kier molecular flexibility index (Phi) is 4.23. The average molecular weight is 342 g/mol. The largest absolute Gasteiger partial charge is 0.480 e. The van der Waals surface area contributed by atoms with Crippen LogP contribution in [0.3, 0.4) is 0 Å². The predicted octanol–water partition coefficient (Wildman–Crippen LogP) is 2.96. The first-order valence-electron chi connectivity index (χ1n) is 7.87. The number of aliphatic carboxylic acids is 1. The molecule has 2 heterocycles. The van der Waals surface area contributed by atoms with Crippen molar-refractivity contribution in [3.8, 4) is 0 Å². The zero-order chi connectivity index (χ0) is 17.5. The predicted molar refractivity (Wildman–Crippen MR) is 77.2 cm³/mol. The number of carboxylic acid groups (broad SMARTS) is 1. The second-order valence-electron chi connectivity index (χ2n) is 6.34. The van der Waals surface area contributed by atoms with Gasteiger partial charge < -0.3 is 10.0 Å². The summed E-state index contributed by atoms with van der Waals surface area (Å²) in [5.41, 5.74) is -1.09. The molecule has 24 heavy (non-hydrogen) atoms. The van der Waals surface area contributed by atoms with E-state index in [1.807, 2.05) is 0 Å². The van der Waals surface area contributed by atoms with Crippen LogP contribution in [-0.4, -0.2) is 39.0 Å². The van der Waals surface area contributed by atoms with Gasteiger partial charge in [-0.05, 0) is 37.3 Å². The fraction of sp³-hybridized carbons (Fsp3) is 0.562. The Morgan fingerprint density at radius 2 is 1.92 bits per heavy atom. The van der Waals surface area contributed by atoms with Gasteiger partial charge in [-0.3, -0.25) is 9.78 Å². The SMILES string of the molecule is O=C(O)C1CC2CCCCC2N1C(=O)c1ccc(C(F)(F)F)nc1. The lowest BCUT2D eigenvalue weighted by Gasteiger charge is -2.33. The van der Waals surface area contributed by atoms with Crippen molar-refractivity contribution in [2.24, 2.45) is 5.92 Å². The number of alkyl halides is 3. The zero-order valence-electron chi connectivity index (χ0n) is 12.8. The van der Waals surface area contributed by atoms with Gasteiger partial charge >= 0.3 is 12.1 Å². The maximum atomic E-state index is 12.7. The minimum absolute atomic E-state index is 0.0135. The first-order chi connectivity index (χ1) is 11.3. The number of halogens is 3. The summed E-state index contributed by atoms with van der Waals surface area (Å²) in [5.74, 6) is -1.48. The number of likely N-dealkylation sites (tertiary alicyclic amines) is 1. The molecule has 1 saturated carbocycles. The van der Waals surface area contributed by atoms with Crippen molar-refractivity contribution in [1.82, 2.24) is 9.88 Å². The molecule has 2 aliphatic rings. The van der Waals surface area contributed by atoms with Gasteiger partial charge in [0.2, 0.25) is 0 Å². The zero-order valence-corrected chi connectivity index (χ0v) is 12.8. The number of rotatable bonds is 2. The Balaban J connectivity index is 1.87. The maximum Gasteiger partial charge on any atom is 0.433 e. The van der Waals surface area contributed by atoms with Gasteiger partial charge in [-0.15, -0.1) is 0 Å². The molecule has 1 amide bonds. The van der Waals surface area contributed by atoms with Gasteiger partial charge in [-0.1, -0.05) is 12.8 Å². The molecule has 3 unspecified atom stereocenters. The van der Waals surface area contributed by atoms with Crippen molar-refractivity contribution in [3.05, 3.63) is 29.6 Å². The number of pyridine rings is 1. The van der Waals surface area contributed by atoms with E-state index in [1.165, 1.54) is 4.90 Å². The molecule has 2 fully saturated rings. The van der Waals surface area contributed by atoms with E-state index in [4.69, 9.17) is 0 Å². The van der Waals surface area contributed by atoms with E-state index in [2.05, 4.69) is 4.98 Å². The number of nitrogens with zero attached hydrogens (tertiary/aromatic N) is 2. The van der Waals surface area contributed by atoms with Crippen LogP contribution in [0.25, 0.3) is 0 Å². The molecule has 0 spiro atoms. The van der Waals surface area contributed by atoms with Gasteiger partial charge in [0.25, 0.3) is 5.91 Å². The highest BCUT2D eigenvalue weighted by Gasteiger charge is 2.47. The molecule has 1 aromatic rings. The lowest BCUT2D eigenvalue weighted by molar-refractivity contribution is -0.142. The van der Waals surface area contributed by atoms with Crippen LogP contribution in [0.1, 0.15) is 48.2 Å². The van der Waals surface area contributed by atoms with Crippen LogP contribution in [-0.2, 0) is 11.0 Å². The number of carbonyl (C=O) groups excluding carboxylic acids is 1. The lowest BCUT2D eigenvalue weighted by Crippen LogP contribution is -2.46. The number of fused-ring (bicyclic) bond motifs is 1. The van der Waals surface area contributed by atoms with E-state index in [9.17, 15) is 27.9 Å². The third kappa shape index (κ3) is 2.97. The van der Waals surface area contributed by atoms with Crippen molar-refractivity contribution in [3.63, 3.8) is 0 Å². The van der Waals surface area contributed by atoms with Crippen molar-refractivity contribution in [1.29, 1.82) is 0 Å². The van der Waals surface area contributed by atoms with Crippen LogP contribution < -0.4 is 0 Å². The average Bonchev–Trinajstić information content (AvgIpc) is 2.93. The molecule has 3 atom stereocenters. The summed E-state index contributed by atoms with van der Waals surface area (Å²) in [4.78, 5) is 28.9. The maximum absolute atomic E-state index is 12.7. The number of hydrogen-bond donors (Lipinski definition) is 1. The standard InChI is InChI=1S/C16H17F3N2O3/c17-16(18,19)13-6-5-10(8-20-13)14(22)21-11-4-2-1-3-9(11)7-12(21)15(23)24/h5-6,8-9,11-12H,1-4,7H2,(H,23,24). The summed E-state index contributed by atoms with van der Waals surface area (Å²) in [6, 6.07) is 0.729. The van der Waals surface area contributed by atoms with Crippen molar-refractivity contribution in [2.45, 2.75) is 50.4 Å². The minimum Gasteiger partial charge on any atom is -0.480 e. The van der Waals surface area contributed by atoms with E-state index >= 15 is 0 Å². The van der Waals surface area contributed by atoms with E-state index in [0.29, 0.717) is 6.42 Å². The molecule has 1 aliphatic carbocycles. The van der Waals surface area contributed by atoms with Crippen molar-refractivity contribution >= 4 is 11.9 Å². The minimum atomic E-state index is -4.58. The summed E-state index contributed by atoms with van der Waals surface area (Å²) in [6.07, 6.45) is 0.241. The van der Waals surface area contributed by atoms with E-state index in [1.54, 1.807) is 0 Å². The van der Waals surface area contributed by atoms with Gasteiger partial charge in [0, 0.05) is 12.2 Å². The highest BCUT2D eigenvalue weighted by atomic mass is 19.4. The molecular weight excluding hydrogens is 325 g/mol. The number of aromatic nitrogens is 1.